The van der Waals surface area contributed by atoms with E-state index < -0.39 is 0 Å². The Morgan fingerprint density at radius 3 is 2.82 bits per heavy atom. The molecule has 0 fully saturated rings. The quantitative estimate of drug-likeness (QED) is 0.674. The van der Waals surface area contributed by atoms with Crippen molar-refractivity contribution in [3.63, 3.8) is 0 Å². The van der Waals surface area contributed by atoms with Gasteiger partial charge in [-0.15, -0.1) is 0 Å². The summed E-state index contributed by atoms with van der Waals surface area (Å²) in [7, 11) is 0. The Balaban J connectivity index is 1.58. The summed E-state index contributed by atoms with van der Waals surface area (Å²) in [4.78, 5) is 12.2. The first kappa shape index (κ1) is 14.0. The van der Waals surface area contributed by atoms with Gasteiger partial charge >= 0.3 is 0 Å². The van der Waals surface area contributed by atoms with Crippen LogP contribution in [0.15, 0.2) is 48.8 Å². The van der Waals surface area contributed by atoms with Gasteiger partial charge in [-0.05, 0) is 12.5 Å². The molecular formula is C15H16N6O. The lowest BCUT2D eigenvalue weighted by Crippen LogP contribution is -2.26. The third kappa shape index (κ3) is 3.20. The maximum atomic E-state index is 12.2. The second-order valence-corrected chi connectivity index (χ2v) is 4.77. The van der Waals surface area contributed by atoms with Crippen molar-refractivity contribution in [2.75, 3.05) is 6.54 Å². The number of hydrogen-bond donors (Lipinski definition) is 2. The third-order valence-electron chi connectivity index (χ3n) is 3.22. The van der Waals surface area contributed by atoms with E-state index in [-0.39, 0.29) is 5.91 Å². The van der Waals surface area contributed by atoms with Crippen LogP contribution in [0.2, 0.25) is 0 Å². The molecule has 3 aromatic rings. The zero-order valence-electron chi connectivity index (χ0n) is 11.9. The summed E-state index contributed by atoms with van der Waals surface area (Å²) >= 11 is 0. The first-order chi connectivity index (χ1) is 10.8. The molecule has 2 aromatic heterocycles. The number of amides is 1. The van der Waals surface area contributed by atoms with Gasteiger partial charge in [-0.1, -0.05) is 30.3 Å². The Morgan fingerprint density at radius 2 is 2.05 bits per heavy atom. The molecule has 0 saturated carbocycles. The maximum Gasteiger partial charge on any atom is 0.274 e. The number of aryl methyl sites for hydroxylation is 1. The molecule has 0 spiro atoms. The molecule has 22 heavy (non-hydrogen) atoms. The number of nitrogens with zero attached hydrogens (tertiary/aromatic N) is 4. The molecule has 3 rings (SSSR count). The van der Waals surface area contributed by atoms with E-state index in [0.29, 0.717) is 17.9 Å². The van der Waals surface area contributed by atoms with E-state index in [2.05, 4.69) is 25.8 Å². The van der Waals surface area contributed by atoms with Crippen LogP contribution in [0.1, 0.15) is 16.9 Å². The minimum Gasteiger partial charge on any atom is -0.351 e. The number of nitrogens with one attached hydrogen (secondary N) is 2. The van der Waals surface area contributed by atoms with E-state index >= 15 is 0 Å². The summed E-state index contributed by atoms with van der Waals surface area (Å²) in [5, 5.41) is 17.5. The fourth-order valence-electron chi connectivity index (χ4n) is 2.15. The lowest BCUT2D eigenvalue weighted by molar-refractivity contribution is 0.0948. The summed E-state index contributed by atoms with van der Waals surface area (Å²) in [6.07, 6.45) is 4.43. The average molecular weight is 296 g/mol. The van der Waals surface area contributed by atoms with Gasteiger partial charge in [0.25, 0.3) is 5.91 Å². The number of aromatic nitrogens is 5. The van der Waals surface area contributed by atoms with Crippen LogP contribution >= 0.6 is 0 Å². The molecule has 7 heteroatoms. The van der Waals surface area contributed by atoms with Crippen LogP contribution in [0.5, 0.6) is 0 Å². The highest BCUT2D eigenvalue weighted by Crippen LogP contribution is 2.18. The molecule has 0 radical (unpaired) electrons. The fraction of sp³-hybridized carbons (Fsp3) is 0.200. The zero-order valence-corrected chi connectivity index (χ0v) is 11.9. The number of aromatic amines is 1. The van der Waals surface area contributed by atoms with Crippen LogP contribution in [0, 0.1) is 0 Å². The van der Waals surface area contributed by atoms with Gasteiger partial charge in [0.15, 0.2) is 5.69 Å². The van der Waals surface area contributed by atoms with Crippen LogP contribution in [-0.2, 0) is 6.54 Å². The van der Waals surface area contributed by atoms with Gasteiger partial charge in [-0.2, -0.15) is 20.5 Å². The SMILES string of the molecule is O=C(NCCCn1cccn1)c1n[nH]nc1-c1ccccc1. The number of carbonyl (C=O) groups excluding carboxylic acids is 1. The number of hydrogen-bond acceptors (Lipinski definition) is 4. The highest BCUT2D eigenvalue weighted by molar-refractivity contribution is 5.97. The molecule has 0 unspecified atom stereocenters. The average Bonchev–Trinajstić information content (AvgIpc) is 3.23. The van der Waals surface area contributed by atoms with Gasteiger partial charge in [0.1, 0.15) is 5.69 Å². The molecule has 2 heterocycles. The van der Waals surface area contributed by atoms with Crippen molar-refractivity contribution in [1.82, 2.24) is 30.5 Å². The molecule has 1 aromatic carbocycles. The maximum absolute atomic E-state index is 12.2. The van der Waals surface area contributed by atoms with Crippen molar-refractivity contribution in [3.8, 4) is 11.3 Å². The summed E-state index contributed by atoms with van der Waals surface area (Å²) in [6.45, 7) is 1.32. The normalized spacial score (nSPS) is 10.5. The lowest BCUT2D eigenvalue weighted by Gasteiger charge is -2.05. The number of benzene rings is 1. The Hall–Kier alpha value is -2.96. The highest BCUT2D eigenvalue weighted by Gasteiger charge is 2.17. The molecule has 7 nitrogen and oxygen atoms in total. The van der Waals surface area contributed by atoms with Crippen molar-refractivity contribution in [3.05, 3.63) is 54.5 Å². The van der Waals surface area contributed by atoms with Crippen LogP contribution in [0.4, 0.5) is 0 Å². The first-order valence-corrected chi connectivity index (χ1v) is 7.06. The summed E-state index contributed by atoms with van der Waals surface area (Å²) < 4.78 is 1.83. The van der Waals surface area contributed by atoms with E-state index in [0.717, 1.165) is 18.5 Å². The van der Waals surface area contributed by atoms with E-state index in [1.807, 2.05) is 47.3 Å². The predicted octanol–water partition coefficient (Wildman–Crippen LogP) is 1.49. The van der Waals surface area contributed by atoms with E-state index in [4.69, 9.17) is 0 Å². The summed E-state index contributed by atoms with van der Waals surface area (Å²) in [6, 6.07) is 11.4. The lowest BCUT2D eigenvalue weighted by atomic mass is 10.1. The van der Waals surface area contributed by atoms with E-state index in [1.165, 1.54) is 0 Å². The van der Waals surface area contributed by atoms with Gasteiger partial charge in [0, 0.05) is 31.0 Å². The fourth-order valence-corrected chi connectivity index (χ4v) is 2.15. The van der Waals surface area contributed by atoms with Crippen molar-refractivity contribution in [2.24, 2.45) is 0 Å². The molecule has 0 aliphatic carbocycles. The van der Waals surface area contributed by atoms with Crippen molar-refractivity contribution in [2.45, 2.75) is 13.0 Å². The van der Waals surface area contributed by atoms with Crippen LogP contribution in [0.25, 0.3) is 11.3 Å². The van der Waals surface area contributed by atoms with Crippen LogP contribution in [0.3, 0.4) is 0 Å². The topological polar surface area (TPSA) is 88.5 Å². The van der Waals surface area contributed by atoms with Crippen molar-refractivity contribution < 1.29 is 4.79 Å². The number of rotatable bonds is 6. The summed E-state index contributed by atoms with van der Waals surface area (Å²) in [5.41, 5.74) is 1.73. The molecule has 0 saturated heterocycles. The first-order valence-electron chi connectivity index (χ1n) is 7.06. The number of H-pyrrole nitrogens is 1. The Morgan fingerprint density at radius 1 is 1.18 bits per heavy atom. The Labute approximate surface area is 127 Å². The predicted molar refractivity (Wildman–Crippen MR) is 81.0 cm³/mol. The van der Waals surface area contributed by atoms with Gasteiger partial charge in [-0.3, -0.25) is 9.48 Å². The molecule has 0 aliphatic rings. The molecule has 1 amide bonds. The van der Waals surface area contributed by atoms with Gasteiger partial charge < -0.3 is 5.32 Å². The second-order valence-electron chi connectivity index (χ2n) is 4.77. The van der Waals surface area contributed by atoms with Crippen molar-refractivity contribution in [1.29, 1.82) is 0 Å². The minimum atomic E-state index is -0.229. The second kappa shape index (κ2) is 6.66. The van der Waals surface area contributed by atoms with Gasteiger partial charge in [0.2, 0.25) is 0 Å². The van der Waals surface area contributed by atoms with Gasteiger partial charge in [0.05, 0.1) is 0 Å². The smallest absolute Gasteiger partial charge is 0.274 e. The van der Waals surface area contributed by atoms with Crippen LogP contribution < -0.4 is 5.32 Å². The van der Waals surface area contributed by atoms with Crippen LogP contribution in [-0.4, -0.2) is 37.6 Å². The monoisotopic (exact) mass is 296 g/mol. The number of carbonyl (C=O) groups is 1. The van der Waals surface area contributed by atoms with Gasteiger partial charge in [-0.25, -0.2) is 0 Å². The Kier molecular flexibility index (Phi) is 4.24. The standard InChI is InChI=1S/C15H16N6O/c22-15(16-8-4-10-21-11-5-9-17-21)14-13(18-20-19-14)12-6-2-1-3-7-12/h1-3,5-7,9,11H,4,8,10H2,(H,16,22)(H,18,19,20). The zero-order chi connectivity index (χ0) is 15.2. The Bertz CT molecular complexity index is 720. The molecule has 2 N–H and O–H groups in total. The highest BCUT2D eigenvalue weighted by atomic mass is 16.2. The summed E-state index contributed by atoms with van der Waals surface area (Å²) in [5.74, 6) is -0.229. The third-order valence-corrected chi connectivity index (χ3v) is 3.22. The largest absolute Gasteiger partial charge is 0.351 e. The van der Waals surface area contributed by atoms with E-state index in [1.54, 1.807) is 6.20 Å². The minimum absolute atomic E-state index is 0.229. The van der Waals surface area contributed by atoms with E-state index in [9.17, 15) is 4.79 Å². The molecule has 0 aliphatic heterocycles. The molecule has 0 atom stereocenters. The van der Waals surface area contributed by atoms with Crippen molar-refractivity contribution >= 4 is 5.91 Å². The molecule has 0 bridgehead atoms. The molecular weight excluding hydrogens is 280 g/mol. The molecule has 112 valence electrons.